The van der Waals surface area contributed by atoms with Crippen LogP contribution in [0.3, 0.4) is 0 Å². The van der Waals surface area contributed by atoms with Crippen molar-refractivity contribution < 1.29 is 4.39 Å². The molecule has 5 nitrogen and oxygen atoms in total. The van der Waals surface area contributed by atoms with Crippen molar-refractivity contribution in [3.63, 3.8) is 0 Å². The second-order valence-electron chi connectivity index (χ2n) is 5.43. The number of halogens is 2. The standard InChI is InChI=1S/C18H16BrFN4OS/c1-2-24-17(25)16(21-15-9-5-13(19)6-10-15)22-23-18(24)26-11-12-3-7-14(20)8-4-12/h3-10H,2,11H2,1H3,(H,21,22). The Labute approximate surface area is 162 Å². The van der Waals surface area contributed by atoms with E-state index in [9.17, 15) is 9.18 Å². The predicted molar refractivity (Wildman–Crippen MR) is 105 cm³/mol. The van der Waals surface area contributed by atoms with Crippen molar-refractivity contribution >= 4 is 39.2 Å². The second-order valence-corrected chi connectivity index (χ2v) is 7.29. The lowest BCUT2D eigenvalue weighted by Crippen LogP contribution is -2.26. The van der Waals surface area contributed by atoms with Crippen LogP contribution in [0.2, 0.25) is 0 Å². The van der Waals surface area contributed by atoms with Gasteiger partial charge in [-0.3, -0.25) is 9.36 Å². The third-order valence-corrected chi connectivity index (χ3v) is 5.19. The predicted octanol–water partition coefficient (Wildman–Crippen LogP) is 4.60. The maximum absolute atomic E-state index is 13.0. The highest BCUT2D eigenvalue weighted by Gasteiger charge is 2.12. The first-order chi connectivity index (χ1) is 12.6. The van der Waals surface area contributed by atoms with Gasteiger partial charge in [-0.05, 0) is 48.9 Å². The van der Waals surface area contributed by atoms with E-state index in [0.717, 1.165) is 15.7 Å². The molecule has 1 heterocycles. The van der Waals surface area contributed by atoms with Gasteiger partial charge in [0.05, 0.1) is 0 Å². The number of benzene rings is 2. The van der Waals surface area contributed by atoms with E-state index in [1.807, 2.05) is 31.2 Å². The number of hydrogen-bond donors (Lipinski definition) is 1. The normalized spacial score (nSPS) is 10.7. The number of hydrogen-bond acceptors (Lipinski definition) is 5. The Balaban J connectivity index is 1.79. The maximum atomic E-state index is 13.0. The van der Waals surface area contributed by atoms with Crippen LogP contribution in [-0.2, 0) is 12.3 Å². The molecule has 0 bridgehead atoms. The van der Waals surface area contributed by atoms with Gasteiger partial charge in [-0.1, -0.05) is 39.8 Å². The minimum atomic E-state index is -0.271. The van der Waals surface area contributed by atoms with Crippen LogP contribution < -0.4 is 10.9 Å². The molecule has 0 spiro atoms. The van der Waals surface area contributed by atoms with Gasteiger partial charge in [0, 0.05) is 22.5 Å². The maximum Gasteiger partial charge on any atom is 0.297 e. The molecule has 8 heteroatoms. The van der Waals surface area contributed by atoms with E-state index in [4.69, 9.17) is 0 Å². The van der Waals surface area contributed by atoms with Gasteiger partial charge >= 0.3 is 0 Å². The number of anilines is 2. The van der Waals surface area contributed by atoms with Crippen molar-refractivity contribution in [3.05, 3.63) is 74.7 Å². The Morgan fingerprint density at radius 3 is 2.46 bits per heavy atom. The van der Waals surface area contributed by atoms with E-state index < -0.39 is 0 Å². The van der Waals surface area contributed by atoms with Crippen LogP contribution in [0.25, 0.3) is 0 Å². The van der Waals surface area contributed by atoms with Crippen LogP contribution in [0, 0.1) is 5.82 Å². The zero-order chi connectivity index (χ0) is 18.5. The number of thioether (sulfide) groups is 1. The van der Waals surface area contributed by atoms with E-state index in [1.54, 1.807) is 16.7 Å². The molecule has 1 aromatic heterocycles. The Morgan fingerprint density at radius 1 is 1.12 bits per heavy atom. The first kappa shape index (κ1) is 18.6. The van der Waals surface area contributed by atoms with Crippen LogP contribution in [0.5, 0.6) is 0 Å². The molecule has 0 amide bonds. The summed E-state index contributed by atoms with van der Waals surface area (Å²) in [6, 6.07) is 13.7. The van der Waals surface area contributed by atoms with Gasteiger partial charge in [-0.2, -0.15) is 0 Å². The average Bonchev–Trinajstić information content (AvgIpc) is 2.65. The molecular formula is C18H16BrFN4OS. The molecule has 0 radical (unpaired) electrons. The van der Waals surface area contributed by atoms with Crippen molar-refractivity contribution in [2.24, 2.45) is 0 Å². The lowest BCUT2D eigenvalue weighted by atomic mass is 10.2. The van der Waals surface area contributed by atoms with Crippen LogP contribution in [0.15, 0.2) is 63.0 Å². The Morgan fingerprint density at radius 2 is 1.81 bits per heavy atom. The SMILES string of the molecule is CCn1c(SCc2ccc(F)cc2)nnc(Nc2ccc(Br)cc2)c1=O. The summed E-state index contributed by atoms with van der Waals surface area (Å²) >= 11 is 4.77. The highest BCUT2D eigenvalue weighted by Crippen LogP contribution is 2.21. The second kappa shape index (κ2) is 8.46. The molecule has 0 saturated carbocycles. The van der Waals surface area contributed by atoms with E-state index in [-0.39, 0.29) is 17.2 Å². The van der Waals surface area contributed by atoms with Crippen molar-refractivity contribution in [1.29, 1.82) is 0 Å². The third kappa shape index (κ3) is 4.50. The molecule has 0 atom stereocenters. The van der Waals surface area contributed by atoms with Gasteiger partial charge < -0.3 is 5.32 Å². The lowest BCUT2D eigenvalue weighted by molar-refractivity contribution is 0.597. The van der Waals surface area contributed by atoms with Gasteiger partial charge in [-0.25, -0.2) is 4.39 Å². The van der Waals surface area contributed by atoms with E-state index >= 15 is 0 Å². The van der Waals surface area contributed by atoms with Gasteiger partial charge in [-0.15, -0.1) is 10.2 Å². The molecule has 26 heavy (non-hydrogen) atoms. The molecule has 0 aliphatic heterocycles. The Kier molecular flexibility index (Phi) is 6.05. The summed E-state index contributed by atoms with van der Waals surface area (Å²) in [5, 5.41) is 11.8. The highest BCUT2D eigenvalue weighted by molar-refractivity contribution is 9.10. The summed E-state index contributed by atoms with van der Waals surface area (Å²) in [6.45, 7) is 2.36. The van der Waals surface area contributed by atoms with Crippen LogP contribution in [0.1, 0.15) is 12.5 Å². The summed E-state index contributed by atoms with van der Waals surface area (Å²) in [4.78, 5) is 12.7. The first-order valence-electron chi connectivity index (χ1n) is 7.94. The molecule has 3 aromatic rings. The lowest BCUT2D eigenvalue weighted by Gasteiger charge is -2.11. The third-order valence-electron chi connectivity index (χ3n) is 3.62. The minimum Gasteiger partial charge on any atom is -0.334 e. The van der Waals surface area contributed by atoms with Gasteiger partial charge in [0.25, 0.3) is 5.56 Å². The smallest absolute Gasteiger partial charge is 0.297 e. The molecule has 134 valence electrons. The zero-order valence-electron chi connectivity index (χ0n) is 13.9. The monoisotopic (exact) mass is 434 g/mol. The molecule has 0 saturated heterocycles. The van der Waals surface area contributed by atoms with Gasteiger partial charge in [0.15, 0.2) is 5.16 Å². The summed E-state index contributed by atoms with van der Waals surface area (Å²) in [5.74, 6) is 0.487. The average molecular weight is 435 g/mol. The van der Waals surface area contributed by atoms with Crippen molar-refractivity contribution in [1.82, 2.24) is 14.8 Å². The highest BCUT2D eigenvalue weighted by atomic mass is 79.9. The molecule has 0 aliphatic rings. The number of nitrogens with zero attached hydrogens (tertiary/aromatic N) is 3. The minimum absolute atomic E-state index is 0.181. The summed E-state index contributed by atoms with van der Waals surface area (Å²) in [5.41, 5.74) is 1.48. The molecular weight excluding hydrogens is 419 g/mol. The quantitative estimate of drug-likeness (QED) is 0.574. The van der Waals surface area contributed by atoms with E-state index in [0.29, 0.717) is 17.5 Å². The number of aromatic nitrogens is 3. The topological polar surface area (TPSA) is 59.8 Å². The van der Waals surface area contributed by atoms with E-state index in [1.165, 1.54) is 23.9 Å². The van der Waals surface area contributed by atoms with Crippen molar-refractivity contribution in [3.8, 4) is 0 Å². The Hall–Kier alpha value is -2.19. The fraction of sp³-hybridized carbons (Fsp3) is 0.167. The molecule has 0 fully saturated rings. The number of rotatable bonds is 6. The molecule has 2 aromatic carbocycles. The first-order valence-corrected chi connectivity index (χ1v) is 9.72. The molecule has 1 N–H and O–H groups in total. The van der Waals surface area contributed by atoms with Crippen LogP contribution >= 0.6 is 27.7 Å². The van der Waals surface area contributed by atoms with E-state index in [2.05, 4.69) is 31.4 Å². The Bertz CT molecular complexity index is 945. The largest absolute Gasteiger partial charge is 0.334 e. The molecule has 0 aliphatic carbocycles. The summed E-state index contributed by atoms with van der Waals surface area (Å²) in [6.07, 6.45) is 0. The van der Waals surface area contributed by atoms with Crippen molar-refractivity contribution in [2.75, 3.05) is 5.32 Å². The fourth-order valence-corrected chi connectivity index (χ4v) is 3.49. The molecule has 0 unspecified atom stereocenters. The van der Waals surface area contributed by atoms with Gasteiger partial charge in [0.2, 0.25) is 5.82 Å². The zero-order valence-corrected chi connectivity index (χ0v) is 16.3. The summed E-state index contributed by atoms with van der Waals surface area (Å²) in [7, 11) is 0. The van der Waals surface area contributed by atoms with Gasteiger partial charge in [0.1, 0.15) is 5.82 Å². The summed E-state index contributed by atoms with van der Waals surface area (Å²) < 4.78 is 15.5. The van der Waals surface area contributed by atoms with Crippen LogP contribution in [0.4, 0.5) is 15.9 Å². The van der Waals surface area contributed by atoms with Crippen molar-refractivity contribution in [2.45, 2.75) is 24.4 Å². The molecule has 3 rings (SSSR count). The fourth-order valence-electron chi connectivity index (χ4n) is 2.27. The number of nitrogens with one attached hydrogen (secondary N) is 1. The van der Waals surface area contributed by atoms with Crippen LogP contribution in [-0.4, -0.2) is 14.8 Å².